The Morgan fingerprint density at radius 2 is 2.20 bits per heavy atom. The molecule has 2 rings (SSSR count). The van der Waals surface area contributed by atoms with E-state index in [0.29, 0.717) is 0 Å². The molecule has 1 heterocycles. The molecule has 0 spiro atoms. The Morgan fingerprint density at radius 3 is 2.73 bits per heavy atom. The van der Waals surface area contributed by atoms with Crippen LogP contribution in [0, 0.1) is 0 Å². The summed E-state index contributed by atoms with van der Waals surface area (Å²) in [7, 11) is -3.54. The summed E-state index contributed by atoms with van der Waals surface area (Å²) < 4.78 is 48.6. The minimum atomic E-state index is -3.54. The van der Waals surface area contributed by atoms with Crippen molar-refractivity contribution in [3.05, 3.63) is 16.5 Å². The van der Waals surface area contributed by atoms with Crippen molar-refractivity contribution in [1.82, 2.24) is 0 Å². The van der Waals surface area contributed by atoms with E-state index in [0.717, 1.165) is 17.6 Å². The van der Waals surface area contributed by atoms with Crippen molar-refractivity contribution in [2.75, 3.05) is 6.26 Å². The summed E-state index contributed by atoms with van der Waals surface area (Å²) in [5.41, 5.74) is 0.116. The summed E-state index contributed by atoms with van der Waals surface area (Å²) >= 11 is 0.882. The number of hydrogen-bond donors (Lipinski definition) is 1. The third kappa shape index (κ3) is 1.58. The van der Waals surface area contributed by atoms with Gasteiger partial charge in [0, 0.05) is 18.2 Å². The molecular weight excluding hydrogens is 246 g/mol. The fourth-order valence-electron chi connectivity index (χ4n) is 1.66. The van der Waals surface area contributed by atoms with Crippen LogP contribution in [0.5, 0.6) is 0 Å². The van der Waals surface area contributed by atoms with Gasteiger partial charge in [0.05, 0.1) is 0 Å². The molecule has 1 aromatic rings. The van der Waals surface area contributed by atoms with Crippen LogP contribution in [-0.2, 0) is 16.3 Å². The highest BCUT2D eigenvalue weighted by Crippen LogP contribution is 2.48. The molecule has 1 aliphatic rings. The van der Waals surface area contributed by atoms with Gasteiger partial charge in [-0.25, -0.2) is 17.2 Å². The molecular formula is C8H8F2O3S2. The molecule has 1 unspecified atom stereocenters. The molecule has 0 aromatic carbocycles. The van der Waals surface area contributed by atoms with Gasteiger partial charge in [-0.3, -0.25) is 0 Å². The minimum Gasteiger partial charge on any atom is -0.382 e. The molecule has 0 saturated heterocycles. The zero-order chi connectivity index (χ0) is 11.4. The highest BCUT2D eigenvalue weighted by Gasteiger charge is 2.49. The Hall–Kier alpha value is -0.530. The van der Waals surface area contributed by atoms with Crippen LogP contribution in [-0.4, -0.2) is 25.7 Å². The highest BCUT2D eigenvalue weighted by atomic mass is 32.2. The number of hydrogen-bond acceptors (Lipinski definition) is 4. The van der Waals surface area contributed by atoms with Crippen molar-refractivity contribution >= 4 is 21.2 Å². The normalized spacial score (nSPS) is 24.1. The summed E-state index contributed by atoms with van der Waals surface area (Å²) in [4.78, 5) is 0. The average molecular weight is 254 g/mol. The smallest absolute Gasteiger partial charge is 0.281 e. The quantitative estimate of drug-likeness (QED) is 0.823. The summed E-state index contributed by atoms with van der Waals surface area (Å²) in [5.74, 6) is -3.25. The molecule has 3 nitrogen and oxygen atoms in total. The Kier molecular flexibility index (Phi) is 2.19. The van der Waals surface area contributed by atoms with Crippen molar-refractivity contribution in [1.29, 1.82) is 0 Å². The Morgan fingerprint density at radius 1 is 1.60 bits per heavy atom. The van der Waals surface area contributed by atoms with E-state index < -0.39 is 28.3 Å². The topological polar surface area (TPSA) is 54.4 Å². The summed E-state index contributed by atoms with van der Waals surface area (Å²) in [6.45, 7) is 0. The Balaban J connectivity index is 2.61. The summed E-state index contributed by atoms with van der Waals surface area (Å²) in [6.07, 6.45) is -1.64. The van der Waals surface area contributed by atoms with Gasteiger partial charge in [-0.05, 0) is 10.9 Å². The third-order valence-corrected chi connectivity index (χ3v) is 5.24. The third-order valence-electron chi connectivity index (χ3n) is 2.31. The van der Waals surface area contributed by atoms with Crippen LogP contribution in [0.1, 0.15) is 17.2 Å². The number of aliphatic hydroxyl groups is 1. The average Bonchev–Trinajstić information content (AvgIpc) is 2.51. The first-order chi connectivity index (χ1) is 6.73. The van der Waals surface area contributed by atoms with Crippen LogP contribution in [0.15, 0.2) is 9.59 Å². The van der Waals surface area contributed by atoms with Gasteiger partial charge in [0.15, 0.2) is 9.84 Å². The van der Waals surface area contributed by atoms with E-state index in [1.807, 2.05) is 0 Å². The molecule has 0 radical (unpaired) electrons. The van der Waals surface area contributed by atoms with Gasteiger partial charge in [0.1, 0.15) is 10.3 Å². The summed E-state index contributed by atoms with van der Waals surface area (Å²) in [6, 6.07) is 0. The number of alkyl halides is 2. The maximum atomic E-state index is 13.1. The van der Waals surface area contributed by atoms with E-state index in [1.165, 1.54) is 5.38 Å². The fourth-order valence-corrected chi connectivity index (χ4v) is 3.97. The molecule has 0 aliphatic heterocycles. The Labute approximate surface area is 89.3 Å². The van der Waals surface area contributed by atoms with E-state index >= 15 is 0 Å². The lowest BCUT2D eigenvalue weighted by molar-refractivity contribution is -0.0975. The summed E-state index contributed by atoms with van der Waals surface area (Å²) in [5, 5.41) is 10.7. The van der Waals surface area contributed by atoms with Crippen LogP contribution in [0.3, 0.4) is 0 Å². The lowest BCUT2D eigenvalue weighted by Gasteiger charge is -2.14. The molecule has 0 saturated carbocycles. The SMILES string of the molecule is CS(=O)(=O)c1scc2c1C(O)C(F)(F)C2. The molecule has 0 fully saturated rings. The number of fused-ring (bicyclic) bond motifs is 1. The lowest BCUT2D eigenvalue weighted by Crippen LogP contribution is -2.22. The van der Waals surface area contributed by atoms with Crippen molar-refractivity contribution in [3.63, 3.8) is 0 Å². The first kappa shape index (κ1) is 11.0. The standard InChI is InChI=1S/C8H8F2O3S2/c1-15(12,13)7-5-4(3-14-7)2-8(9,10)6(5)11/h3,6,11H,2H2,1H3. The predicted octanol–water partition coefficient (Wildman–Crippen LogP) is 1.38. The number of aliphatic hydroxyl groups excluding tert-OH is 1. The predicted molar refractivity (Wildman–Crippen MR) is 51.0 cm³/mol. The number of rotatable bonds is 1. The second kappa shape index (κ2) is 2.99. The first-order valence-electron chi connectivity index (χ1n) is 4.09. The zero-order valence-corrected chi connectivity index (χ0v) is 9.33. The molecule has 0 bridgehead atoms. The molecule has 1 atom stereocenters. The van der Waals surface area contributed by atoms with Crippen LogP contribution in [0.4, 0.5) is 8.78 Å². The molecule has 1 aliphatic carbocycles. The maximum absolute atomic E-state index is 13.1. The van der Waals surface area contributed by atoms with Crippen molar-refractivity contribution in [2.24, 2.45) is 0 Å². The minimum absolute atomic E-state index is 0.118. The molecule has 0 amide bonds. The number of halogens is 2. The van der Waals surface area contributed by atoms with Crippen LogP contribution >= 0.6 is 11.3 Å². The molecule has 15 heavy (non-hydrogen) atoms. The van der Waals surface area contributed by atoms with E-state index in [2.05, 4.69) is 0 Å². The van der Waals surface area contributed by atoms with E-state index in [1.54, 1.807) is 0 Å². The van der Waals surface area contributed by atoms with E-state index in [-0.39, 0.29) is 15.3 Å². The highest BCUT2D eigenvalue weighted by molar-refractivity contribution is 7.92. The van der Waals surface area contributed by atoms with Crippen molar-refractivity contribution in [3.8, 4) is 0 Å². The molecule has 7 heteroatoms. The number of sulfone groups is 1. The van der Waals surface area contributed by atoms with Gasteiger partial charge in [-0.1, -0.05) is 0 Å². The van der Waals surface area contributed by atoms with E-state index in [9.17, 15) is 22.3 Å². The monoisotopic (exact) mass is 254 g/mol. The van der Waals surface area contributed by atoms with Gasteiger partial charge >= 0.3 is 0 Å². The van der Waals surface area contributed by atoms with Crippen molar-refractivity contribution < 1.29 is 22.3 Å². The largest absolute Gasteiger partial charge is 0.382 e. The first-order valence-corrected chi connectivity index (χ1v) is 6.87. The van der Waals surface area contributed by atoms with Gasteiger partial charge in [-0.15, -0.1) is 11.3 Å². The van der Waals surface area contributed by atoms with Gasteiger partial charge in [-0.2, -0.15) is 0 Å². The van der Waals surface area contributed by atoms with Crippen molar-refractivity contribution in [2.45, 2.75) is 22.7 Å². The second-order valence-electron chi connectivity index (χ2n) is 3.57. The van der Waals surface area contributed by atoms with Gasteiger partial charge < -0.3 is 5.11 Å². The second-order valence-corrected chi connectivity index (χ2v) is 6.67. The van der Waals surface area contributed by atoms with Gasteiger partial charge in [0.2, 0.25) is 0 Å². The maximum Gasteiger partial charge on any atom is 0.281 e. The number of thiophene rings is 1. The molecule has 1 N–H and O–H groups in total. The van der Waals surface area contributed by atoms with Crippen LogP contribution in [0.25, 0.3) is 0 Å². The fraction of sp³-hybridized carbons (Fsp3) is 0.500. The van der Waals surface area contributed by atoms with Crippen LogP contribution in [0.2, 0.25) is 0 Å². The zero-order valence-electron chi connectivity index (χ0n) is 7.70. The van der Waals surface area contributed by atoms with E-state index in [4.69, 9.17) is 0 Å². The Bertz CT molecular complexity index is 504. The molecule has 1 aromatic heterocycles. The molecule has 84 valence electrons. The van der Waals surface area contributed by atoms with Crippen LogP contribution < -0.4 is 0 Å². The van der Waals surface area contributed by atoms with Gasteiger partial charge in [0.25, 0.3) is 5.92 Å². The lowest BCUT2D eigenvalue weighted by atomic mass is 10.2.